The van der Waals surface area contributed by atoms with Gasteiger partial charge in [-0.05, 0) is 12.1 Å². The van der Waals surface area contributed by atoms with Gasteiger partial charge in [-0.15, -0.1) is 11.3 Å². The Bertz CT molecular complexity index is 731. The van der Waals surface area contributed by atoms with Gasteiger partial charge >= 0.3 is 5.97 Å². The lowest BCUT2D eigenvalue weighted by Gasteiger charge is -2.30. The van der Waals surface area contributed by atoms with Crippen LogP contribution in [0.1, 0.15) is 10.5 Å². The number of hydrogen-bond donors (Lipinski definition) is 1. The smallest absolute Gasteiger partial charge is 0.334 e. The summed E-state index contributed by atoms with van der Waals surface area (Å²) in [4.78, 5) is 29.3. The van der Waals surface area contributed by atoms with Crippen LogP contribution in [0.2, 0.25) is 5.02 Å². The molecule has 0 aliphatic carbocycles. The molecule has 23 heavy (non-hydrogen) atoms. The Kier molecular flexibility index (Phi) is 4.61. The summed E-state index contributed by atoms with van der Waals surface area (Å²) in [5.41, 5.74) is 1.19. The Morgan fingerprint density at radius 2 is 2.09 bits per heavy atom. The second-order valence-electron chi connectivity index (χ2n) is 4.99. The van der Waals surface area contributed by atoms with E-state index in [2.05, 4.69) is 4.98 Å². The molecule has 1 aromatic heterocycles. The minimum absolute atomic E-state index is 0.0297. The molecule has 1 saturated heterocycles. The van der Waals surface area contributed by atoms with Gasteiger partial charge in [0.2, 0.25) is 0 Å². The van der Waals surface area contributed by atoms with Gasteiger partial charge in [0.1, 0.15) is 10.7 Å². The number of morpholine rings is 1. The lowest BCUT2D eigenvalue weighted by atomic mass is 10.2. The number of aromatic nitrogens is 1. The van der Waals surface area contributed by atoms with E-state index in [1.54, 1.807) is 17.5 Å². The Hall–Kier alpha value is -1.96. The largest absolute Gasteiger partial charge is 0.479 e. The van der Waals surface area contributed by atoms with Crippen LogP contribution in [-0.2, 0) is 9.53 Å². The predicted molar refractivity (Wildman–Crippen MR) is 85.8 cm³/mol. The first kappa shape index (κ1) is 15.9. The monoisotopic (exact) mass is 352 g/mol. The maximum absolute atomic E-state index is 12.5. The number of halogens is 1. The quantitative estimate of drug-likeness (QED) is 0.917. The lowest BCUT2D eigenvalue weighted by Crippen LogP contribution is -2.48. The second-order valence-corrected chi connectivity index (χ2v) is 6.29. The van der Waals surface area contributed by atoms with Crippen molar-refractivity contribution in [3.8, 4) is 10.6 Å². The predicted octanol–water partition coefficient (Wildman–Crippen LogP) is 2.39. The number of amides is 1. The van der Waals surface area contributed by atoms with E-state index in [0.29, 0.717) is 22.3 Å². The number of carboxylic acid groups (broad SMARTS) is 1. The molecule has 2 aromatic rings. The highest BCUT2D eigenvalue weighted by atomic mass is 35.5. The van der Waals surface area contributed by atoms with Crippen LogP contribution in [-0.4, -0.2) is 52.7 Å². The molecule has 3 rings (SSSR count). The van der Waals surface area contributed by atoms with E-state index < -0.39 is 12.1 Å². The van der Waals surface area contributed by atoms with E-state index in [1.807, 2.05) is 12.1 Å². The molecule has 0 saturated carbocycles. The zero-order valence-corrected chi connectivity index (χ0v) is 13.5. The summed E-state index contributed by atoms with van der Waals surface area (Å²) in [6, 6.07) is 7.20. The molecule has 0 bridgehead atoms. The lowest BCUT2D eigenvalue weighted by molar-refractivity contribution is -0.154. The van der Waals surface area contributed by atoms with Crippen LogP contribution in [0.25, 0.3) is 10.6 Å². The van der Waals surface area contributed by atoms with Crippen LogP contribution in [0.3, 0.4) is 0 Å². The number of benzene rings is 1. The van der Waals surface area contributed by atoms with E-state index >= 15 is 0 Å². The highest BCUT2D eigenvalue weighted by molar-refractivity contribution is 7.13. The maximum atomic E-state index is 12.5. The molecule has 1 N–H and O–H groups in total. The Balaban J connectivity index is 1.75. The molecule has 0 unspecified atom stereocenters. The first-order valence-corrected chi connectivity index (χ1v) is 8.15. The summed E-state index contributed by atoms with van der Waals surface area (Å²) < 4.78 is 5.12. The zero-order valence-electron chi connectivity index (χ0n) is 11.9. The number of aliphatic carboxylic acids is 1. The van der Waals surface area contributed by atoms with Gasteiger partial charge < -0.3 is 14.7 Å². The van der Waals surface area contributed by atoms with Crippen molar-refractivity contribution in [2.45, 2.75) is 6.10 Å². The Morgan fingerprint density at radius 1 is 1.35 bits per heavy atom. The third-order valence-electron chi connectivity index (χ3n) is 3.44. The van der Waals surface area contributed by atoms with E-state index in [4.69, 9.17) is 21.4 Å². The van der Waals surface area contributed by atoms with Crippen LogP contribution >= 0.6 is 22.9 Å². The van der Waals surface area contributed by atoms with E-state index in [1.165, 1.54) is 16.2 Å². The van der Waals surface area contributed by atoms with Gasteiger partial charge in [0.05, 0.1) is 13.2 Å². The van der Waals surface area contributed by atoms with Crippen molar-refractivity contribution >= 4 is 34.8 Å². The molecular formula is C15H13ClN2O4S. The first-order chi connectivity index (χ1) is 11.0. The molecule has 2 heterocycles. The molecule has 0 spiro atoms. The molecular weight excluding hydrogens is 340 g/mol. The fourth-order valence-electron chi connectivity index (χ4n) is 2.24. The molecule has 1 aliphatic heterocycles. The number of ether oxygens (including phenoxy) is 1. The standard InChI is InChI=1S/C15H13ClN2O4S/c16-10-3-1-9(2-4-10)13-17-11(8-23-13)14(19)18-5-6-22-12(7-18)15(20)21/h1-4,8,12H,5-7H2,(H,20,21)/t12-/m1/s1. The molecule has 0 radical (unpaired) electrons. The number of thiazole rings is 1. The van der Waals surface area contributed by atoms with Gasteiger partial charge in [0, 0.05) is 22.5 Å². The number of nitrogens with zero attached hydrogens (tertiary/aromatic N) is 2. The van der Waals surface area contributed by atoms with Crippen LogP contribution in [0.4, 0.5) is 0 Å². The molecule has 1 aliphatic rings. The number of hydrogen-bond acceptors (Lipinski definition) is 5. The number of carbonyl (C=O) groups excluding carboxylic acids is 1. The summed E-state index contributed by atoms with van der Waals surface area (Å²) in [7, 11) is 0. The Labute approximate surface area is 141 Å². The average molecular weight is 353 g/mol. The van der Waals surface area contributed by atoms with Crippen molar-refractivity contribution in [1.29, 1.82) is 0 Å². The fourth-order valence-corrected chi connectivity index (χ4v) is 3.17. The number of carbonyl (C=O) groups is 2. The van der Waals surface area contributed by atoms with Gasteiger partial charge in [-0.1, -0.05) is 23.7 Å². The summed E-state index contributed by atoms with van der Waals surface area (Å²) in [5.74, 6) is -1.35. The van der Waals surface area contributed by atoms with Gasteiger partial charge in [0.25, 0.3) is 5.91 Å². The maximum Gasteiger partial charge on any atom is 0.334 e. The Morgan fingerprint density at radius 3 is 2.78 bits per heavy atom. The molecule has 1 fully saturated rings. The van der Waals surface area contributed by atoms with Crippen molar-refractivity contribution in [2.75, 3.05) is 19.7 Å². The third-order valence-corrected chi connectivity index (χ3v) is 4.59. The summed E-state index contributed by atoms with van der Waals surface area (Å²) in [6.45, 7) is 0.593. The molecule has 1 amide bonds. The zero-order chi connectivity index (χ0) is 16.4. The minimum Gasteiger partial charge on any atom is -0.479 e. The number of rotatable bonds is 3. The summed E-state index contributed by atoms with van der Waals surface area (Å²) in [6.07, 6.45) is -0.984. The second kappa shape index (κ2) is 6.66. The summed E-state index contributed by atoms with van der Waals surface area (Å²) >= 11 is 7.22. The SMILES string of the molecule is O=C(O)[C@H]1CN(C(=O)c2csc(-c3ccc(Cl)cc3)n2)CCO1. The third kappa shape index (κ3) is 3.52. The van der Waals surface area contributed by atoms with Gasteiger partial charge in [-0.2, -0.15) is 0 Å². The van der Waals surface area contributed by atoms with E-state index in [-0.39, 0.29) is 19.1 Å². The van der Waals surface area contributed by atoms with E-state index in [0.717, 1.165) is 5.56 Å². The van der Waals surface area contributed by atoms with Crippen molar-refractivity contribution in [2.24, 2.45) is 0 Å². The minimum atomic E-state index is -1.07. The highest BCUT2D eigenvalue weighted by Gasteiger charge is 2.30. The van der Waals surface area contributed by atoms with Crippen molar-refractivity contribution in [3.05, 3.63) is 40.4 Å². The van der Waals surface area contributed by atoms with Gasteiger partial charge in [-0.25, -0.2) is 9.78 Å². The van der Waals surface area contributed by atoms with Gasteiger partial charge in [0.15, 0.2) is 6.10 Å². The normalized spacial score (nSPS) is 18.0. The molecule has 6 nitrogen and oxygen atoms in total. The molecule has 8 heteroatoms. The van der Waals surface area contributed by atoms with Crippen LogP contribution in [0, 0.1) is 0 Å². The summed E-state index contributed by atoms with van der Waals surface area (Å²) in [5, 5.41) is 12.0. The number of carboxylic acids is 1. The first-order valence-electron chi connectivity index (χ1n) is 6.90. The highest BCUT2D eigenvalue weighted by Crippen LogP contribution is 2.25. The van der Waals surface area contributed by atoms with Crippen molar-refractivity contribution in [3.63, 3.8) is 0 Å². The average Bonchev–Trinajstić information content (AvgIpc) is 3.05. The van der Waals surface area contributed by atoms with E-state index in [9.17, 15) is 9.59 Å². The fraction of sp³-hybridized carbons (Fsp3) is 0.267. The molecule has 1 aromatic carbocycles. The van der Waals surface area contributed by atoms with Crippen LogP contribution < -0.4 is 0 Å². The van der Waals surface area contributed by atoms with Gasteiger partial charge in [-0.3, -0.25) is 4.79 Å². The topological polar surface area (TPSA) is 79.7 Å². The molecule has 120 valence electrons. The molecule has 1 atom stereocenters. The van der Waals surface area contributed by atoms with Crippen molar-refractivity contribution in [1.82, 2.24) is 9.88 Å². The van der Waals surface area contributed by atoms with Crippen molar-refractivity contribution < 1.29 is 19.4 Å². The van der Waals surface area contributed by atoms with Crippen LogP contribution in [0.15, 0.2) is 29.6 Å². The van der Waals surface area contributed by atoms with Crippen LogP contribution in [0.5, 0.6) is 0 Å².